The third-order valence-corrected chi connectivity index (χ3v) is 13.3. The first-order valence-electron chi connectivity index (χ1n) is 13.8. The van der Waals surface area contributed by atoms with E-state index < -0.39 is 11.4 Å². The van der Waals surface area contributed by atoms with Gasteiger partial charge in [0.1, 0.15) is 0 Å². The summed E-state index contributed by atoms with van der Waals surface area (Å²) in [6.45, 7) is 16.9. The number of carbonyl (C=O) groups is 1. The monoisotopic (exact) mass is 456 g/mol. The van der Waals surface area contributed by atoms with Crippen LogP contribution in [0, 0.1) is 50.2 Å². The first kappa shape index (κ1) is 23.9. The lowest BCUT2D eigenvalue weighted by Crippen LogP contribution is -2.65. The van der Waals surface area contributed by atoms with Gasteiger partial charge in [0.2, 0.25) is 0 Å². The number of rotatable bonds is 1. The lowest BCUT2D eigenvalue weighted by Gasteiger charge is -2.71. The van der Waals surface area contributed by atoms with E-state index >= 15 is 0 Å². The van der Waals surface area contributed by atoms with E-state index in [2.05, 4.69) is 54.5 Å². The van der Waals surface area contributed by atoms with Gasteiger partial charge in [-0.3, -0.25) is 4.79 Å². The van der Waals surface area contributed by atoms with Crippen LogP contribution in [0.2, 0.25) is 0 Å². The molecule has 0 aliphatic heterocycles. The molecule has 4 fully saturated rings. The summed E-state index contributed by atoms with van der Waals surface area (Å²) in [7, 11) is 0. The average molecular weight is 457 g/mol. The van der Waals surface area contributed by atoms with Crippen molar-refractivity contribution in [3.05, 3.63) is 11.6 Å². The zero-order chi connectivity index (χ0) is 24.2. The Morgan fingerprint density at radius 3 is 2.21 bits per heavy atom. The SMILES string of the molecule is CC1(C)CC[C@]2(C(=O)O)CC[C@]3(C)C(=CC[C@H]4[C@H]3CC[C@@]3(C)C(C)(C)[C@@H](O)CC[C@]43C)[C@@H]2C1. The standard InChI is InChI=1S/C30H48O3/c1-25(2)14-16-30(24(32)33)17-15-27(5)19(22(30)18-25)8-9-21-20(27)10-13-29(7)26(3,4)23(31)11-12-28(21,29)6/h8,20-23,31H,9-18H2,1-7H3,(H,32,33)/t20-,21+,22+,23+,27-,28-,29+,30+/m1/s1. The molecule has 8 atom stereocenters. The first-order chi connectivity index (χ1) is 15.1. The molecule has 3 heteroatoms. The van der Waals surface area contributed by atoms with E-state index in [1.54, 1.807) is 0 Å². The molecule has 0 bridgehead atoms. The smallest absolute Gasteiger partial charge is 0.310 e. The first-order valence-corrected chi connectivity index (χ1v) is 13.8. The maximum absolute atomic E-state index is 12.7. The molecule has 3 nitrogen and oxygen atoms in total. The number of allylic oxidation sites excluding steroid dienone is 2. The Hall–Kier alpha value is -0.830. The van der Waals surface area contributed by atoms with Gasteiger partial charge in [-0.05, 0) is 109 Å². The minimum Gasteiger partial charge on any atom is -0.481 e. The topological polar surface area (TPSA) is 57.5 Å². The third-order valence-electron chi connectivity index (χ3n) is 13.3. The maximum Gasteiger partial charge on any atom is 0.310 e. The Kier molecular flexibility index (Phi) is 4.99. The van der Waals surface area contributed by atoms with Crippen LogP contribution in [0.5, 0.6) is 0 Å². The second-order valence-electron chi connectivity index (χ2n) is 15.0. The summed E-state index contributed by atoms with van der Waals surface area (Å²) >= 11 is 0. The summed E-state index contributed by atoms with van der Waals surface area (Å²) in [5.41, 5.74) is 1.60. The number of hydrogen-bond donors (Lipinski definition) is 2. The molecule has 0 aromatic heterocycles. The van der Waals surface area contributed by atoms with Crippen molar-refractivity contribution in [3.63, 3.8) is 0 Å². The Balaban J connectivity index is 1.58. The summed E-state index contributed by atoms with van der Waals surface area (Å²) in [5, 5.41) is 21.4. The predicted octanol–water partition coefficient (Wildman–Crippen LogP) is 7.23. The van der Waals surface area contributed by atoms with Crippen LogP contribution in [0.15, 0.2) is 11.6 Å². The van der Waals surface area contributed by atoms with Crippen molar-refractivity contribution in [2.45, 2.75) is 119 Å². The molecular weight excluding hydrogens is 408 g/mol. The van der Waals surface area contributed by atoms with Gasteiger partial charge in [-0.2, -0.15) is 0 Å². The van der Waals surface area contributed by atoms with Gasteiger partial charge in [-0.15, -0.1) is 0 Å². The molecule has 0 aromatic rings. The van der Waals surface area contributed by atoms with Crippen LogP contribution in [0.1, 0.15) is 113 Å². The van der Waals surface area contributed by atoms with E-state index in [-0.39, 0.29) is 39.1 Å². The van der Waals surface area contributed by atoms with Crippen LogP contribution < -0.4 is 0 Å². The van der Waals surface area contributed by atoms with Gasteiger partial charge >= 0.3 is 5.97 Å². The summed E-state index contributed by atoms with van der Waals surface area (Å²) < 4.78 is 0. The van der Waals surface area contributed by atoms with E-state index in [9.17, 15) is 15.0 Å². The van der Waals surface area contributed by atoms with Crippen molar-refractivity contribution in [2.24, 2.45) is 50.2 Å². The van der Waals surface area contributed by atoms with Gasteiger partial charge < -0.3 is 10.2 Å². The summed E-state index contributed by atoms with van der Waals surface area (Å²) in [6.07, 6.45) is 12.6. The molecule has 5 rings (SSSR count). The molecular formula is C30H48O3. The van der Waals surface area contributed by atoms with E-state index in [1.165, 1.54) is 18.4 Å². The molecule has 0 heterocycles. The van der Waals surface area contributed by atoms with Crippen molar-refractivity contribution in [1.29, 1.82) is 0 Å². The Bertz CT molecular complexity index is 885. The molecule has 4 saturated carbocycles. The molecule has 33 heavy (non-hydrogen) atoms. The van der Waals surface area contributed by atoms with Crippen molar-refractivity contribution in [1.82, 2.24) is 0 Å². The number of aliphatic hydroxyl groups is 1. The molecule has 0 amide bonds. The second-order valence-corrected chi connectivity index (χ2v) is 15.0. The molecule has 0 spiro atoms. The number of aliphatic hydroxyl groups excluding tert-OH is 1. The Labute approximate surface area is 201 Å². The van der Waals surface area contributed by atoms with Crippen molar-refractivity contribution in [2.75, 3.05) is 0 Å². The van der Waals surface area contributed by atoms with Crippen LogP contribution in [-0.2, 0) is 4.79 Å². The molecule has 5 aliphatic carbocycles. The van der Waals surface area contributed by atoms with Gasteiger partial charge in [-0.1, -0.05) is 60.1 Å². The molecule has 0 aromatic carbocycles. The highest BCUT2D eigenvalue weighted by molar-refractivity contribution is 5.76. The van der Waals surface area contributed by atoms with Crippen molar-refractivity contribution in [3.8, 4) is 0 Å². The second kappa shape index (κ2) is 6.89. The zero-order valence-electron chi connectivity index (χ0n) is 22.3. The van der Waals surface area contributed by atoms with Crippen LogP contribution in [-0.4, -0.2) is 22.3 Å². The fourth-order valence-corrected chi connectivity index (χ4v) is 10.4. The van der Waals surface area contributed by atoms with Crippen LogP contribution in [0.25, 0.3) is 0 Å². The van der Waals surface area contributed by atoms with Gasteiger partial charge in [0.25, 0.3) is 0 Å². The summed E-state index contributed by atoms with van der Waals surface area (Å²) in [4.78, 5) is 12.7. The summed E-state index contributed by atoms with van der Waals surface area (Å²) in [6, 6.07) is 0. The van der Waals surface area contributed by atoms with E-state index in [4.69, 9.17) is 0 Å². The lowest BCUT2D eigenvalue weighted by atomic mass is 9.34. The zero-order valence-corrected chi connectivity index (χ0v) is 22.3. The Morgan fingerprint density at radius 2 is 1.55 bits per heavy atom. The van der Waals surface area contributed by atoms with Crippen LogP contribution in [0.4, 0.5) is 0 Å². The minimum absolute atomic E-state index is 0.0751. The molecule has 0 radical (unpaired) electrons. The Morgan fingerprint density at radius 1 is 0.879 bits per heavy atom. The highest BCUT2D eigenvalue weighted by Gasteiger charge is 2.68. The minimum atomic E-state index is -0.544. The molecule has 0 unspecified atom stereocenters. The lowest BCUT2D eigenvalue weighted by molar-refractivity contribution is -0.225. The van der Waals surface area contributed by atoms with E-state index in [0.717, 1.165) is 51.4 Å². The predicted molar refractivity (Wildman–Crippen MR) is 133 cm³/mol. The quantitative estimate of drug-likeness (QED) is 0.409. The summed E-state index contributed by atoms with van der Waals surface area (Å²) in [5.74, 6) is 0.924. The van der Waals surface area contributed by atoms with Gasteiger partial charge in [0.05, 0.1) is 11.5 Å². The normalized spacial score (nSPS) is 52.4. The number of carboxylic acids is 1. The van der Waals surface area contributed by atoms with Crippen molar-refractivity contribution < 1.29 is 15.0 Å². The van der Waals surface area contributed by atoms with Crippen LogP contribution in [0.3, 0.4) is 0 Å². The fraction of sp³-hybridized carbons (Fsp3) is 0.900. The molecule has 2 N–H and O–H groups in total. The molecule has 5 aliphatic rings. The molecule has 186 valence electrons. The third kappa shape index (κ3) is 2.81. The number of fused-ring (bicyclic) bond motifs is 7. The number of hydrogen-bond acceptors (Lipinski definition) is 2. The maximum atomic E-state index is 12.7. The molecule has 0 saturated heterocycles. The largest absolute Gasteiger partial charge is 0.481 e. The highest BCUT2D eigenvalue weighted by atomic mass is 16.4. The van der Waals surface area contributed by atoms with Crippen molar-refractivity contribution >= 4 is 5.97 Å². The fourth-order valence-electron chi connectivity index (χ4n) is 10.4. The van der Waals surface area contributed by atoms with Crippen LogP contribution >= 0.6 is 0 Å². The van der Waals surface area contributed by atoms with Gasteiger partial charge in [0.15, 0.2) is 0 Å². The number of aliphatic carboxylic acids is 1. The van der Waals surface area contributed by atoms with E-state index in [1.807, 2.05) is 0 Å². The van der Waals surface area contributed by atoms with E-state index in [0.29, 0.717) is 11.8 Å². The average Bonchev–Trinajstić information content (AvgIpc) is 2.72. The van der Waals surface area contributed by atoms with Gasteiger partial charge in [-0.25, -0.2) is 0 Å². The number of carboxylic acid groups (broad SMARTS) is 1. The highest BCUT2D eigenvalue weighted by Crippen LogP contribution is 2.75. The van der Waals surface area contributed by atoms with Gasteiger partial charge in [0, 0.05) is 0 Å².